The number of carbonyl (C=O) groups is 1. The lowest BCUT2D eigenvalue weighted by Gasteiger charge is -2.36. The van der Waals surface area contributed by atoms with Crippen LogP contribution in [0.5, 0.6) is 0 Å². The number of aromatic nitrogens is 4. The Kier molecular flexibility index (Phi) is 5.09. The van der Waals surface area contributed by atoms with Crippen LogP contribution in [0.4, 0.5) is 0 Å². The Hall–Kier alpha value is -2.80. The lowest BCUT2D eigenvalue weighted by atomic mass is 10.1. The van der Waals surface area contributed by atoms with E-state index in [1.54, 1.807) is 10.9 Å². The van der Waals surface area contributed by atoms with Gasteiger partial charge in [0, 0.05) is 68.2 Å². The Balaban J connectivity index is 1.49. The Morgan fingerprint density at radius 1 is 1.04 bits per heavy atom. The molecule has 1 aliphatic rings. The summed E-state index contributed by atoms with van der Waals surface area (Å²) in [5, 5.41) is 5.21. The van der Waals surface area contributed by atoms with Crippen molar-refractivity contribution < 1.29 is 4.79 Å². The van der Waals surface area contributed by atoms with Gasteiger partial charge in [-0.3, -0.25) is 24.3 Å². The van der Waals surface area contributed by atoms with E-state index in [1.807, 2.05) is 36.6 Å². The van der Waals surface area contributed by atoms with E-state index >= 15 is 0 Å². The quantitative estimate of drug-likeness (QED) is 0.696. The zero-order chi connectivity index (χ0) is 19.7. The fraction of sp³-hybridized carbons (Fsp3) is 0.429. The molecule has 0 aliphatic carbocycles. The van der Waals surface area contributed by atoms with E-state index in [0.29, 0.717) is 12.5 Å². The van der Waals surface area contributed by atoms with Crippen LogP contribution in [0.3, 0.4) is 0 Å². The average Bonchev–Trinajstić information content (AvgIpc) is 3.14. The monoisotopic (exact) mass is 378 g/mol. The summed E-state index contributed by atoms with van der Waals surface area (Å²) in [5.74, 6) is 0.145. The Bertz CT molecular complexity index is 987. The Labute approximate surface area is 165 Å². The summed E-state index contributed by atoms with van der Waals surface area (Å²) in [5.41, 5.74) is 3.64. The summed E-state index contributed by atoms with van der Waals surface area (Å²) in [6.07, 6.45) is 7.70. The molecule has 1 fully saturated rings. The van der Waals surface area contributed by atoms with Crippen LogP contribution in [0, 0.1) is 0 Å². The van der Waals surface area contributed by atoms with E-state index in [4.69, 9.17) is 0 Å². The zero-order valence-corrected chi connectivity index (χ0v) is 16.7. The highest BCUT2D eigenvalue weighted by molar-refractivity contribution is 5.84. The third-order valence-corrected chi connectivity index (χ3v) is 5.39. The van der Waals surface area contributed by atoms with Crippen molar-refractivity contribution in [3.63, 3.8) is 0 Å². The number of amides is 1. The van der Waals surface area contributed by atoms with Crippen molar-refractivity contribution >= 4 is 16.8 Å². The molecule has 0 bridgehead atoms. The van der Waals surface area contributed by atoms with E-state index in [9.17, 15) is 4.79 Å². The van der Waals surface area contributed by atoms with Crippen molar-refractivity contribution in [3.05, 3.63) is 42.6 Å². The molecule has 0 spiro atoms. The number of nitrogens with zero attached hydrogens (tertiary/aromatic N) is 6. The fourth-order valence-electron chi connectivity index (χ4n) is 3.66. The van der Waals surface area contributed by atoms with Gasteiger partial charge in [0.1, 0.15) is 0 Å². The smallest absolute Gasteiger partial charge is 0.228 e. The van der Waals surface area contributed by atoms with E-state index in [1.165, 1.54) is 0 Å². The molecule has 28 heavy (non-hydrogen) atoms. The van der Waals surface area contributed by atoms with Crippen LogP contribution in [0.15, 0.2) is 36.9 Å². The van der Waals surface area contributed by atoms with E-state index < -0.39 is 0 Å². The number of pyridine rings is 2. The highest BCUT2D eigenvalue weighted by atomic mass is 16.2. The van der Waals surface area contributed by atoms with Crippen molar-refractivity contribution in [1.82, 2.24) is 29.5 Å². The molecule has 0 N–H and O–H groups in total. The summed E-state index contributed by atoms with van der Waals surface area (Å²) < 4.78 is 1.77. The maximum Gasteiger partial charge on any atom is 0.228 e. The molecule has 0 atom stereocenters. The Morgan fingerprint density at radius 2 is 1.82 bits per heavy atom. The van der Waals surface area contributed by atoms with Gasteiger partial charge in [-0.15, -0.1) is 0 Å². The molecule has 146 valence electrons. The van der Waals surface area contributed by atoms with E-state index in [-0.39, 0.29) is 5.91 Å². The topological polar surface area (TPSA) is 67.2 Å². The summed E-state index contributed by atoms with van der Waals surface area (Å²) in [6.45, 7) is 7.85. The molecule has 0 aromatic carbocycles. The molecule has 7 nitrogen and oxygen atoms in total. The molecule has 1 amide bonds. The third-order valence-electron chi connectivity index (χ3n) is 5.39. The normalized spacial score (nSPS) is 15.5. The minimum absolute atomic E-state index is 0.145. The van der Waals surface area contributed by atoms with E-state index in [0.717, 1.165) is 53.9 Å². The van der Waals surface area contributed by atoms with Gasteiger partial charge < -0.3 is 4.90 Å². The molecule has 3 aromatic heterocycles. The second-order valence-electron chi connectivity index (χ2n) is 7.68. The van der Waals surface area contributed by atoms with Gasteiger partial charge in [0.15, 0.2) is 0 Å². The SMILES string of the molecule is CC(C)N1CCN(C(=O)Cc2cc3cc(-c4cnn(C)c4)cnc3cn2)CC1. The number of hydrogen-bond donors (Lipinski definition) is 0. The van der Waals surface area contributed by atoms with Crippen LogP contribution in [0.25, 0.3) is 22.0 Å². The van der Waals surface area contributed by atoms with Crippen LogP contribution in [-0.2, 0) is 18.3 Å². The van der Waals surface area contributed by atoms with Gasteiger partial charge in [0.05, 0.1) is 30.0 Å². The first kappa shape index (κ1) is 18.6. The average molecular weight is 378 g/mol. The van der Waals surface area contributed by atoms with Crippen molar-refractivity contribution in [2.45, 2.75) is 26.3 Å². The van der Waals surface area contributed by atoms with Gasteiger partial charge >= 0.3 is 0 Å². The number of carbonyl (C=O) groups excluding carboxylic acids is 1. The summed E-state index contributed by atoms with van der Waals surface area (Å²) in [6, 6.07) is 4.59. The predicted octanol–water partition coefficient (Wildman–Crippen LogP) is 2.13. The standard InChI is InChI=1S/C21H26N6O/c1-15(2)26-4-6-27(7-5-26)21(28)10-19-9-16-8-17(11-23-20(16)13-22-19)18-12-24-25(3)14-18/h8-9,11-15H,4-7,10H2,1-3H3. The number of fused-ring (bicyclic) bond motifs is 1. The van der Waals surface area contributed by atoms with Crippen LogP contribution >= 0.6 is 0 Å². The molecule has 0 radical (unpaired) electrons. The first-order chi connectivity index (χ1) is 13.5. The second kappa shape index (κ2) is 7.67. The minimum Gasteiger partial charge on any atom is -0.340 e. The number of piperazine rings is 1. The number of aryl methyl sites for hydroxylation is 1. The van der Waals surface area contributed by atoms with Crippen molar-refractivity contribution in [3.8, 4) is 11.1 Å². The largest absolute Gasteiger partial charge is 0.340 e. The first-order valence-corrected chi connectivity index (χ1v) is 9.75. The fourth-order valence-corrected chi connectivity index (χ4v) is 3.66. The molecule has 4 heterocycles. The lowest BCUT2D eigenvalue weighted by molar-refractivity contribution is -0.132. The summed E-state index contributed by atoms with van der Waals surface area (Å²) >= 11 is 0. The van der Waals surface area contributed by atoms with Crippen LogP contribution in [-0.4, -0.2) is 67.7 Å². The maximum absolute atomic E-state index is 12.7. The van der Waals surface area contributed by atoms with Gasteiger partial charge in [-0.25, -0.2) is 0 Å². The highest BCUT2D eigenvalue weighted by Crippen LogP contribution is 2.22. The second-order valence-corrected chi connectivity index (χ2v) is 7.68. The minimum atomic E-state index is 0.145. The molecule has 3 aromatic rings. The molecule has 7 heteroatoms. The predicted molar refractivity (Wildman–Crippen MR) is 109 cm³/mol. The van der Waals surface area contributed by atoms with Gasteiger partial charge in [-0.2, -0.15) is 5.10 Å². The summed E-state index contributed by atoms with van der Waals surface area (Å²) in [7, 11) is 1.90. The molecular formula is C21H26N6O. The number of rotatable bonds is 4. The van der Waals surface area contributed by atoms with Crippen LogP contribution in [0.2, 0.25) is 0 Å². The molecule has 1 aliphatic heterocycles. The van der Waals surface area contributed by atoms with Crippen LogP contribution in [0.1, 0.15) is 19.5 Å². The summed E-state index contributed by atoms with van der Waals surface area (Å²) in [4.78, 5) is 26.0. The highest BCUT2D eigenvalue weighted by Gasteiger charge is 2.22. The maximum atomic E-state index is 12.7. The zero-order valence-electron chi connectivity index (χ0n) is 16.7. The van der Waals surface area contributed by atoms with Gasteiger partial charge in [0.25, 0.3) is 0 Å². The first-order valence-electron chi connectivity index (χ1n) is 9.75. The van der Waals surface area contributed by atoms with Gasteiger partial charge in [-0.1, -0.05) is 0 Å². The molecule has 4 rings (SSSR count). The molecular weight excluding hydrogens is 352 g/mol. The molecule has 0 saturated carbocycles. The van der Waals surface area contributed by atoms with Gasteiger partial charge in [0.2, 0.25) is 5.91 Å². The van der Waals surface area contributed by atoms with Crippen LogP contribution < -0.4 is 0 Å². The third kappa shape index (κ3) is 3.89. The molecule has 0 unspecified atom stereocenters. The van der Waals surface area contributed by atoms with Gasteiger partial charge in [-0.05, 0) is 26.0 Å². The number of hydrogen-bond acceptors (Lipinski definition) is 5. The van der Waals surface area contributed by atoms with Crippen molar-refractivity contribution in [1.29, 1.82) is 0 Å². The van der Waals surface area contributed by atoms with Crippen molar-refractivity contribution in [2.75, 3.05) is 26.2 Å². The van der Waals surface area contributed by atoms with Crippen molar-refractivity contribution in [2.24, 2.45) is 7.05 Å². The Morgan fingerprint density at radius 3 is 2.50 bits per heavy atom. The molecule has 1 saturated heterocycles. The van der Waals surface area contributed by atoms with E-state index in [2.05, 4.69) is 39.9 Å². The lowest BCUT2D eigenvalue weighted by Crippen LogP contribution is -2.51.